The second-order valence-corrected chi connectivity index (χ2v) is 4.84. The Balaban J connectivity index is 1.87. The van der Waals surface area contributed by atoms with E-state index < -0.39 is 0 Å². The van der Waals surface area contributed by atoms with E-state index in [1.807, 2.05) is 38.1 Å². The zero-order valence-corrected chi connectivity index (χ0v) is 12.0. The van der Waals surface area contributed by atoms with Gasteiger partial charge in [-0.2, -0.15) is 5.10 Å². The van der Waals surface area contributed by atoms with Crippen molar-refractivity contribution in [1.82, 2.24) is 19.7 Å². The molecule has 0 fully saturated rings. The van der Waals surface area contributed by atoms with Gasteiger partial charge in [0, 0.05) is 26.0 Å². The van der Waals surface area contributed by atoms with Crippen LogP contribution in [0.5, 0.6) is 0 Å². The monoisotopic (exact) mass is 273 g/mol. The number of hydrogen-bond acceptors (Lipinski definition) is 4. The summed E-state index contributed by atoms with van der Waals surface area (Å²) < 4.78 is 1.73. The van der Waals surface area contributed by atoms with Crippen LogP contribution in [0.15, 0.2) is 30.7 Å². The molecule has 1 amide bonds. The highest BCUT2D eigenvalue weighted by Gasteiger charge is 2.10. The van der Waals surface area contributed by atoms with Crippen molar-refractivity contribution in [3.8, 4) is 0 Å². The molecule has 0 aliphatic rings. The summed E-state index contributed by atoms with van der Waals surface area (Å²) in [5.41, 5.74) is 2.83. The average Bonchev–Trinajstić information content (AvgIpc) is 2.71. The van der Waals surface area contributed by atoms with Crippen LogP contribution in [0.2, 0.25) is 0 Å². The highest BCUT2D eigenvalue weighted by Crippen LogP contribution is 2.12. The Hall–Kier alpha value is -2.21. The number of nitrogens with zero attached hydrogens (tertiary/aromatic N) is 4. The van der Waals surface area contributed by atoms with Crippen molar-refractivity contribution in [2.45, 2.75) is 13.5 Å². The minimum absolute atomic E-state index is 0.0438. The first kappa shape index (κ1) is 14.2. The van der Waals surface area contributed by atoms with Crippen molar-refractivity contribution in [3.63, 3.8) is 0 Å². The number of amides is 1. The lowest BCUT2D eigenvalue weighted by Gasteiger charge is -2.16. The Kier molecular flexibility index (Phi) is 4.47. The molecule has 0 unspecified atom stereocenters. The zero-order chi connectivity index (χ0) is 14.5. The van der Waals surface area contributed by atoms with Gasteiger partial charge in [-0.05, 0) is 31.7 Å². The van der Waals surface area contributed by atoms with E-state index in [4.69, 9.17) is 0 Å². The van der Waals surface area contributed by atoms with Gasteiger partial charge in [0.2, 0.25) is 5.91 Å². The molecule has 106 valence electrons. The topological polar surface area (TPSA) is 63.1 Å². The number of anilines is 1. The third kappa shape index (κ3) is 3.64. The molecule has 0 atom stereocenters. The molecule has 2 heterocycles. The van der Waals surface area contributed by atoms with Crippen LogP contribution in [0.1, 0.15) is 11.3 Å². The number of rotatable bonds is 5. The first-order valence-electron chi connectivity index (χ1n) is 6.42. The highest BCUT2D eigenvalue weighted by atomic mass is 16.2. The summed E-state index contributed by atoms with van der Waals surface area (Å²) in [6.45, 7) is 2.96. The first-order valence-corrected chi connectivity index (χ1v) is 6.42. The van der Waals surface area contributed by atoms with Crippen molar-refractivity contribution in [2.24, 2.45) is 7.05 Å². The molecular formula is C14H19N5O. The average molecular weight is 273 g/mol. The maximum Gasteiger partial charge on any atom is 0.238 e. The SMILES string of the molecule is Cc1c(NC(=O)CN(C)Cc2ccncc2)cnn1C. The van der Waals surface area contributed by atoms with Gasteiger partial charge in [-0.15, -0.1) is 0 Å². The summed E-state index contributed by atoms with van der Waals surface area (Å²) in [4.78, 5) is 17.9. The summed E-state index contributed by atoms with van der Waals surface area (Å²) >= 11 is 0. The number of aryl methyl sites for hydroxylation is 1. The molecule has 0 bridgehead atoms. The van der Waals surface area contributed by atoms with Crippen LogP contribution >= 0.6 is 0 Å². The number of pyridine rings is 1. The van der Waals surface area contributed by atoms with E-state index in [9.17, 15) is 4.79 Å². The second kappa shape index (κ2) is 6.29. The Morgan fingerprint density at radius 3 is 2.70 bits per heavy atom. The van der Waals surface area contributed by atoms with Crippen molar-refractivity contribution in [1.29, 1.82) is 0 Å². The molecule has 0 radical (unpaired) electrons. The summed E-state index contributed by atoms with van der Waals surface area (Å²) in [6, 6.07) is 3.89. The van der Waals surface area contributed by atoms with Crippen LogP contribution in [0.3, 0.4) is 0 Å². The second-order valence-electron chi connectivity index (χ2n) is 4.84. The standard InChI is InChI=1S/C14H19N5O/c1-11-13(8-16-19(11)3)17-14(20)10-18(2)9-12-4-6-15-7-5-12/h4-8H,9-10H2,1-3H3,(H,17,20). The van der Waals surface area contributed by atoms with Crippen molar-refractivity contribution in [3.05, 3.63) is 42.0 Å². The van der Waals surface area contributed by atoms with E-state index in [0.717, 1.165) is 16.9 Å². The van der Waals surface area contributed by atoms with E-state index in [-0.39, 0.29) is 5.91 Å². The van der Waals surface area contributed by atoms with Gasteiger partial charge in [0.15, 0.2) is 0 Å². The van der Waals surface area contributed by atoms with E-state index in [0.29, 0.717) is 13.1 Å². The number of hydrogen-bond donors (Lipinski definition) is 1. The smallest absolute Gasteiger partial charge is 0.238 e. The van der Waals surface area contributed by atoms with Crippen LogP contribution in [0.25, 0.3) is 0 Å². The maximum atomic E-state index is 12.0. The maximum absolute atomic E-state index is 12.0. The fourth-order valence-electron chi connectivity index (χ4n) is 1.91. The molecule has 0 aromatic carbocycles. The zero-order valence-electron chi connectivity index (χ0n) is 12.0. The predicted octanol–water partition coefficient (Wildman–Crippen LogP) is 1.19. The molecule has 1 N–H and O–H groups in total. The molecule has 6 heteroatoms. The normalized spacial score (nSPS) is 10.8. The molecule has 0 saturated heterocycles. The lowest BCUT2D eigenvalue weighted by Crippen LogP contribution is -2.29. The van der Waals surface area contributed by atoms with Crippen LogP contribution in [-0.4, -0.2) is 39.2 Å². The highest BCUT2D eigenvalue weighted by molar-refractivity contribution is 5.92. The Labute approximate surface area is 118 Å². The number of likely N-dealkylation sites (N-methyl/N-ethyl adjacent to an activating group) is 1. The molecule has 0 aliphatic heterocycles. The fourth-order valence-corrected chi connectivity index (χ4v) is 1.91. The third-order valence-corrected chi connectivity index (χ3v) is 3.12. The summed E-state index contributed by atoms with van der Waals surface area (Å²) in [6.07, 6.45) is 5.17. The summed E-state index contributed by atoms with van der Waals surface area (Å²) in [5.74, 6) is -0.0438. The van der Waals surface area contributed by atoms with E-state index in [2.05, 4.69) is 15.4 Å². The molecule has 0 aliphatic carbocycles. The summed E-state index contributed by atoms with van der Waals surface area (Å²) in [7, 11) is 3.76. The van der Waals surface area contributed by atoms with Gasteiger partial charge < -0.3 is 5.32 Å². The Bertz CT molecular complexity index is 579. The molecular weight excluding hydrogens is 254 g/mol. The van der Waals surface area contributed by atoms with E-state index >= 15 is 0 Å². The van der Waals surface area contributed by atoms with Gasteiger partial charge in [-0.1, -0.05) is 0 Å². The minimum atomic E-state index is -0.0438. The van der Waals surface area contributed by atoms with Gasteiger partial charge in [0.05, 0.1) is 24.1 Å². The number of carbonyl (C=O) groups is 1. The molecule has 0 saturated carbocycles. The molecule has 6 nitrogen and oxygen atoms in total. The van der Waals surface area contributed by atoms with Crippen LogP contribution in [0, 0.1) is 6.92 Å². The van der Waals surface area contributed by atoms with Crippen LogP contribution < -0.4 is 5.32 Å². The van der Waals surface area contributed by atoms with E-state index in [1.54, 1.807) is 23.3 Å². The molecule has 20 heavy (non-hydrogen) atoms. The first-order chi connectivity index (χ1) is 9.56. The predicted molar refractivity (Wildman–Crippen MR) is 77.1 cm³/mol. The Morgan fingerprint density at radius 2 is 2.10 bits per heavy atom. The van der Waals surface area contributed by atoms with Gasteiger partial charge in [0.1, 0.15) is 0 Å². The minimum Gasteiger partial charge on any atom is -0.322 e. The summed E-state index contributed by atoms with van der Waals surface area (Å²) in [5, 5.41) is 6.97. The van der Waals surface area contributed by atoms with Crippen molar-refractivity contribution >= 4 is 11.6 Å². The Morgan fingerprint density at radius 1 is 1.40 bits per heavy atom. The number of carbonyl (C=O) groups excluding carboxylic acids is 1. The van der Waals surface area contributed by atoms with Gasteiger partial charge in [0.25, 0.3) is 0 Å². The lowest BCUT2D eigenvalue weighted by molar-refractivity contribution is -0.117. The number of nitrogens with one attached hydrogen (secondary N) is 1. The lowest BCUT2D eigenvalue weighted by atomic mass is 10.2. The van der Waals surface area contributed by atoms with Gasteiger partial charge in [-0.3, -0.25) is 19.4 Å². The number of aromatic nitrogens is 3. The third-order valence-electron chi connectivity index (χ3n) is 3.12. The van der Waals surface area contributed by atoms with Gasteiger partial charge >= 0.3 is 0 Å². The van der Waals surface area contributed by atoms with Crippen LogP contribution in [-0.2, 0) is 18.4 Å². The van der Waals surface area contributed by atoms with E-state index in [1.165, 1.54) is 0 Å². The quantitative estimate of drug-likeness (QED) is 0.889. The van der Waals surface area contributed by atoms with Crippen molar-refractivity contribution < 1.29 is 4.79 Å². The van der Waals surface area contributed by atoms with Crippen LogP contribution in [0.4, 0.5) is 5.69 Å². The molecule has 2 rings (SSSR count). The largest absolute Gasteiger partial charge is 0.322 e. The molecule has 2 aromatic heterocycles. The molecule has 0 spiro atoms. The van der Waals surface area contributed by atoms with Gasteiger partial charge in [-0.25, -0.2) is 0 Å². The molecule has 2 aromatic rings. The van der Waals surface area contributed by atoms with Crippen molar-refractivity contribution in [2.75, 3.05) is 18.9 Å². The fraction of sp³-hybridized carbons (Fsp3) is 0.357.